The van der Waals surface area contributed by atoms with Gasteiger partial charge in [0.1, 0.15) is 16.9 Å². The second-order valence-corrected chi connectivity index (χ2v) is 6.90. The van der Waals surface area contributed by atoms with Crippen molar-refractivity contribution in [1.29, 1.82) is 0 Å². The number of imidazole rings is 1. The van der Waals surface area contributed by atoms with E-state index in [-0.39, 0.29) is 5.69 Å². The fourth-order valence-electron chi connectivity index (χ4n) is 3.48. The van der Waals surface area contributed by atoms with Gasteiger partial charge in [0.05, 0.1) is 23.3 Å². The van der Waals surface area contributed by atoms with Crippen molar-refractivity contribution in [2.24, 2.45) is 5.73 Å². The molecule has 146 valence electrons. The number of aromatic amines is 1. The van der Waals surface area contributed by atoms with Crippen molar-refractivity contribution in [2.45, 2.75) is 38.5 Å². The molecule has 0 spiro atoms. The molecule has 0 bridgehead atoms. The van der Waals surface area contributed by atoms with Crippen LogP contribution in [0, 0.1) is 0 Å². The third-order valence-corrected chi connectivity index (χ3v) is 5.16. The SMILES string of the molecule is CCOc1cc2nc(-c3cc(C4(C(=O)O)CC4)n(C(N)=O)n3)[nH]c2cc1CC. The molecule has 1 aromatic carbocycles. The average molecular weight is 383 g/mol. The van der Waals surface area contributed by atoms with Crippen LogP contribution in [0.15, 0.2) is 18.2 Å². The summed E-state index contributed by atoms with van der Waals surface area (Å²) in [7, 11) is 0. The largest absolute Gasteiger partial charge is 0.494 e. The monoisotopic (exact) mass is 383 g/mol. The van der Waals surface area contributed by atoms with Gasteiger partial charge in [-0.05, 0) is 43.9 Å². The van der Waals surface area contributed by atoms with Gasteiger partial charge in [-0.15, -0.1) is 0 Å². The van der Waals surface area contributed by atoms with Crippen LogP contribution in [0.25, 0.3) is 22.6 Å². The number of nitrogens with zero attached hydrogens (tertiary/aromatic N) is 3. The summed E-state index contributed by atoms with van der Waals surface area (Å²) in [6, 6.07) is 4.59. The summed E-state index contributed by atoms with van der Waals surface area (Å²) in [4.78, 5) is 31.2. The maximum atomic E-state index is 11.8. The van der Waals surface area contributed by atoms with E-state index in [9.17, 15) is 14.7 Å². The lowest BCUT2D eigenvalue weighted by Crippen LogP contribution is -2.30. The van der Waals surface area contributed by atoms with Crippen molar-refractivity contribution in [2.75, 3.05) is 6.61 Å². The number of benzene rings is 1. The molecule has 1 aliphatic rings. The Bertz CT molecular complexity index is 1090. The van der Waals surface area contributed by atoms with E-state index >= 15 is 0 Å². The third-order valence-electron chi connectivity index (χ3n) is 5.16. The predicted molar refractivity (Wildman–Crippen MR) is 101 cm³/mol. The molecule has 1 fully saturated rings. The van der Waals surface area contributed by atoms with E-state index in [4.69, 9.17) is 10.5 Å². The Kier molecular flexibility index (Phi) is 4.10. The fraction of sp³-hybridized carbons (Fsp3) is 0.368. The summed E-state index contributed by atoms with van der Waals surface area (Å²) in [5.41, 5.74) is 7.53. The number of fused-ring (bicyclic) bond motifs is 1. The highest BCUT2D eigenvalue weighted by atomic mass is 16.5. The lowest BCUT2D eigenvalue weighted by atomic mass is 10.0. The van der Waals surface area contributed by atoms with E-state index in [1.807, 2.05) is 26.0 Å². The number of aliphatic carboxylic acids is 1. The van der Waals surface area contributed by atoms with Gasteiger partial charge in [0.25, 0.3) is 0 Å². The first-order valence-corrected chi connectivity index (χ1v) is 9.19. The number of rotatable bonds is 6. The minimum absolute atomic E-state index is 0.284. The Hall–Kier alpha value is -3.36. The van der Waals surface area contributed by atoms with E-state index in [2.05, 4.69) is 15.1 Å². The molecule has 1 amide bonds. The van der Waals surface area contributed by atoms with Gasteiger partial charge in [-0.2, -0.15) is 9.78 Å². The normalized spacial score (nSPS) is 14.9. The molecule has 0 saturated heterocycles. The number of carboxylic acid groups (broad SMARTS) is 1. The van der Waals surface area contributed by atoms with Gasteiger partial charge in [-0.25, -0.2) is 9.78 Å². The summed E-state index contributed by atoms with van der Waals surface area (Å²) in [5, 5.41) is 13.8. The molecule has 9 nitrogen and oxygen atoms in total. The average Bonchev–Trinajstić information content (AvgIpc) is 3.17. The number of hydrogen-bond acceptors (Lipinski definition) is 5. The molecule has 3 aromatic rings. The zero-order chi connectivity index (χ0) is 20.1. The second kappa shape index (κ2) is 6.36. The van der Waals surface area contributed by atoms with Crippen LogP contribution >= 0.6 is 0 Å². The quantitative estimate of drug-likeness (QED) is 0.598. The number of amides is 1. The minimum Gasteiger partial charge on any atom is -0.494 e. The van der Waals surface area contributed by atoms with Crippen LogP contribution in [0.3, 0.4) is 0 Å². The van der Waals surface area contributed by atoms with Gasteiger partial charge in [0, 0.05) is 6.07 Å². The number of carbonyl (C=O) groups is 2. The Morgan fingerprint density at radius 2 is 2.07 bits per heavy atom. The van der Waals surface area contributed by atoms with Crippen LogP contribution in [-0.2, 0) is 16.6 Å². The Morgan fingerprint density at radius 1 is 1.32 bits per heavy atom. The highest BCUT2D eigenvalue weighted by Gasteiger charge is 2.55. The fourth-order valence-corrected chi connectivity index (χ4v) is 3.48. The van der Waals surface area contributed by atoms with E-state index in [0.717, 1.165) is 27.9 Å². The molecule has 9 heteroatoms. The number of carbonyl (C=O) groups excluding carboxylic acids is 1. The molecular weight excluding hydrogens is 362 g/mol. The van der Waals surface area contributed by atoms with Crippen molar-refractivity contribution >= 4 is 23.0 Å². The van der Waals surface area contributed by atoms with E-state index in [0.29, 0.717) is 36.5 Å². The summed E-state index contributed by atoms with van der Waals surface area (Å²) in [6.07, 6.45) is 1.69. The predicted octanol–water partition coefficient (Wildman–Crippen LogP) is 2.43. The smallest absolute Gasteiger partial charge is 0.339 e. The van der Waals surface area contributed by atoms with Crippen molar-refractivity contribution < 1.29 is 19.4 Å². The van der Waals surface area contributed by atoms with E-state index in [1.165, 1.54) is 0 Å². The maximum absolute atomic E-state index is 11.8. The number of H-pyrrole nitrogens is 1. The lowest BCUT2D eigenvalue weighted by molar-refractivity contribution is -0.140. The molecule has 0 unspecified atom stereocenters. The van der Waals surface area contributed by atoms with Crippen molar-refractivity contribution in [3.05, 3.63) is 29.5 Å². The first-order chi connectivity index (χ1) is 13.4. The summed E-state index contributed by atoms with van der Waals surface area (Å²) in [6.45, 7) is 4.52. The van der Waals surface area contributed by atoms with Crippen LogP contribution in [0.1, 0.15) is 37.9 Å². The standard InChI is InChI=1S/C19H21N5O4/c1-3-10-7-11-12(8-14(10)28-4-2)22-16(21-11)13-9-15(24(23-13)18(20)27)19(5-6-19)17(25)26/h7-9H,3-6H2,1-2H3,(H2,20,27)(H,21,22)(H,25,26). The first kappa shape index (κ1) is 18.0. The Labute approximate surface area is 160 Å². The third kappa shape index (κ3) is 2.70. The Morgan fingerprint density at radius 3 is 2.64 bits per heavy atom. The van der Waals surface area contributed by atoms with Crippen LogP contribution in [0.5, 0.6) is 5.75 Å². The number of nitrogens with one attached hydrogen (secondary N) is 1. The number of aryl methyl sites for hydroxylation is 1. The zero-order valence-corrected chi connectivity index (χ0v) is 15.7. The second-order valence-electron chi connectivity index (χ2n) is 6.90. The summed E-state index contributed by atoms with van der Waals surface area (Å²) < 4.78 is 6.65. The number of nitrogens with two attached hydrogens (primary N) is 1. The number of ether oxygens (including phenoxy) is 1. The van der Waals surface area contributed by atoms with E-state index in [1.54, 1.807) is 6.07 Å². The van der Waals surface area contributed by atoms with Gasteiger partial charge >= 0.3 is 12.0 Å². The molecule has 2 heterocycles. The molecule has 0 aliphatic heterocycles. The van der Waals surface area contributed by atoms with Gasteiger partial charge < -0.3 is 20.6 Å². The van der Waals surface area contributed by atoms with Gasteiger partial charge in [-0.3, -0.25) is 4.79 Å². The summed E-state index contributed by atoms with van der Waals surface area (Å²) >= 11 is 0. The van der Waals surface area contributed by atoms with Crippen LogP contribution < -0.4 is 10.5 Å². The minimum atomic E-state index is -1.11. The highest BCUT2D eigenvalue weighted by molar-refractivity contribution is 5.88. The van der Waals surface area contributed by atoms with Crippen LogP contribution in [0.2, 0.25) is 0 Å². The van der Waals surface area contributed by atoms with Crippen molar-refractivity contribution in [3.8, 4) is 17.3 Å². The molecule has 0 atom stereocenters. The molecule has 0 radical (unpaired) electrons. The first-order valence-electron chi connectivity index (χ1n) is 9.19. The van der Waals surface area contributed by atoms with Crippen LogP contribution in [-0.4, -0.2) is 43.5 Å². The zero-order valence-electron chi connectivity index (χ0n) is 15.7. The molecular formula is C19H21N5O4. The van der Waals surface area contributed by atoms with Crippen LogP contribution in [0.4, 0.5) is 4.79 Å². The van der Waals surface area contributed by atoms with Crippen molar-refractivity contribution in [3.63, 3.8) is 0 Å². The molecule has 28 heavy (non-hydrogen) atoms. The van der Waals surface area contributed by atoms with Crippen molar-refractivity contribution in [1.82, 2.24) is 19.7 Å². The maximum Gasteiger partial charge on any atom is 0.339 e. The van der Waals surface area contributed by atoms with Gasteiger partial charge in [0.2, 0.25) is 0 Å². The number of primary amides is 1. The molecule has 4 rings (SSSR count). The highest BCUT2D eigenvalue weighted by Crippen LogP contribution is 2.49. The topological polar surface area (TPSA) is 136 Å². The number of hydrogen-bond donors (Lipinski definition) is 3. The molecule has 1 aliphatic carbocycles. The number of aromatic nitrogens is 4. The lowest BCUT2D eigenvalue weighted by Gasteiger charge is -2.09. The summed E-state index contributed by atoms with van der Waals surface area (Å²) in [5.74, 6) is 0.231. The molecule has 4 N–H and O–H groups in total. The molecule has 1 saturated carbocycles. The van der Waals surface area contributed by atoms with Gasteiger partial charge in [0.15, 0.2) is 5.82 Å². The number of carboxylic acids is 1. The van der Waals surface area contributed by atoms with E-state index < -0.39 is 17.4 Å². The van der Waals surface area contributed by atoms with Gasteiger partial charge in [-0.1, -0.05) is 6.92 Å². The Balaban J connectivity index is 1.82. The molecule has 2 aromatic heterocycles.